The number of rotatable bonds is 6. The predicted octanol–water partition coefficient (Wildman–Crippen LogP) is 4.89. The van der Waals surface area contributed by atoms with E-state index in [0.717, 1.165) is 41.0 Å². The fourth-order valence-corrected chi connectivity index (χ4v) is 3.09. The summed E-state index contributed by atoms with van der Waals surface area (Å²) in [5, 5.41) is 2.54. The Bertz CT molecular complexity index is 1030. The first-order chi connectivity index (χ1) is 14.8. The van der Waals surface area contributed by atoms with Gasteiger partial charge in [-0.1, -0.05) is 54.6 Å². The summed E-state index contributed by atoms with van der Waals surface area (Å²) in [6.45, 7) is 0. The highest BCUT2D eigenvalue weighted by atomic mass is 19.4. The molecule has 0 aliphatic rings. The van der Waals surface area contributed by atoms with Gasteiger partial charge in [0, 0.05) is 12.0 Å². The van der Waals surface area contributed by atoms with Crippen LogP contribution in [-0.4, -0.2) is 25.0 Å². The molecule has 3 aromatic carbocycles. The van der Waals surface area contributed by atoms with E-state index in [4.69, 9.17) is 4.74 Å². The van der Waals surface area contributed by atoms with Gasteiger partial charge >= 0.3 is 12.1 Å². The zero-order chi connectivity index (χ0) is 22.4. The SMILES string of the molecule is COC(=O)[C@@H](Cc1ccc(-c2ccccc2)cc1)NC(=O)c1ccc(C(F)(F)F)cc1. The van der Waals surface area contributed by atoms with Crippen molar-refractivity contribution in [3.8, 4) is 11.1 Å². The van der Waals surface area contributed by atoms with Crippen molar-refractivity contribution < 1.29 is 27.5 Å². The molecule has 0 fully saturated rings. The maximum atomic E-state index is 12.7. The number of methoxy groups -OCH3 is 1. The summed E-state index contributed by atoms with van der Waals surface area (Å²) in [5.41, 5.74) is 2.01. The molecule has 31 heavy (non-hydrogen) atoms. The Balaban J connectivity index is 1.72. The van der Waals surface area contributed by atoms with Crippen molar-refractivity contribution in [2.24, 2.45) is 0 Å². The average Bonchev–Trinajstić information content (AvgIpc) is 2.78. The molecule has 4 nitrogen and oxygen atoms in total. The zero-order valence-corrected chi connectivity index (χ0v) is 16.6. The van der Waals surface area contributed by atoms with E-state index in [1.807, 2.05) is 54.6 Å². The van der Waals surface area contributed by atoms with Crippen LogP contribution in [0.15, 0.2) is 78.9 Å². The zero-order valence-electron chi connectivity index (χ0n) is 16.6. The van der Waals surface area contributed by atoms with Crippen molar-refractivity contribution in [2.45, 2.75) is 18.6 Å². The van der Waals surface area contributed by atoms with Gasteiger partial charge in [-0.3, -0.25) is 4.79 Å². The Morgan fingerprint density at radius 2 is 1.45 bits per heavy atom. The molecule has 0 bridgehead atoms. The van der Waals surface area contributed by atoms with E-state index in [9.17, 15) is 22.8 Å². The van der Waals surface area contributed by atoms with Crippen LogP contribution in [0.25, 0.3) is 11.1 Å². The van der Waals surface area contributed by atoms with Gasteiger partial charge in [0.1, 0.15) is 6.04 Å². The number of esters is 1. The number of benzene rings is 3. The summed E-state index contributed by atoms with van der Waals surface area (Å²) in [4.78, 5) is 24.6. The van der Waals surface area contributed by atoms with Crippen molar-refractivity contribution in [2.75, 3.05) is 7.11 Å². The molecule has 0 aliphatic carbocycles. The monoisotopic (exact) mass is 427 g/mol. The Morgan fingerprint density at radius 3 is 2.00 bits per heavy atom. The first-order valence-corrected chi connectivity index (χ1v) is 9.48. The summed E-state index contributed by atoms with van der Waals surface area (Å²) in [7, 11) is 1.21. The smallest absolute Gasteiger partial charge is 0.416 e. The second-order valence-electron chi connectivity index (χ2n) is 6.89. The highest BCUT2D eigenvalue weighted by Crippen LogP contribution is 2.29. The summed E-state index contributed by atoms with van der Waals surface area (Å²) >= 11 is 0. The topological polar surface area (TPSA) is 55.4 Å². The van der Waals surface area contributed by atoms with Crippen LogP contribution in [0.5, 0.6) is 0 Å². The fourth-order valence-electron chi connectivity index (χ4n) is 3.09. The number of carbonyl (C=O) groups is 2. The lowest BCUT2D eigenvalue weighted by Gasteiger charge is -2.17. The first kappa shape index (κ1) is 22.1. The molecule has 0 saturated heterocycles. The molecule has 160 valence electrons. The van der Waals surface area contributed by atoms with Crippen LogP contribution in [-0.2, 0) is 22.1 Å². The largest absolute Gasteiger partial charge is 0.467 e. The van der Waals surface area contributed by atoms with Gasteiger partial charge in [0.2, 0.25) is 0 Å². The lowest BCUT2D eigenvalue weighted by atomic mass is 10.0. The predicted molar refractivity (Wildman–Crippen MR) is 110 cm³/mol. The van der Waals surface area contributed by atoms with Gasteiger partial charge in [0.25, 0.3) is 5.91 Å². The summed E-state index contributed by atoms with van der Waals surface area (Å²) < 4.78 is 42.9. The van der Waals surface area contributed by atoms with Crippen molar-refractivity contribution in [3.05, 3.63) is 95.6 Å². The number of hydrogen-bond acceptors (Lipinski definition) is 3. The highest BCUT2D eigenvalue weighted by Gasteiger charge is 2.30. The molecule has 1 N–H and O–H groups in total. The molecule has 0 spiro atoms. The average molecular weight is 427 g/mol. The number of halogens is 3. The third kappa shape index (κ3) is 5.72. The third-order valence-corrected chi connectivity index (χ3v) is 4.77. The van der Waals surface area contributed by atoms with Crippen LogP contribution >= 0.6 is 0 Å². The number of hydrogen-bond donors (Lipinski definition) is 1. The van der Waals surface area contributed by atoms with Crippen LogP contribution in [0.4, 0.5) is 13.2 Å². The molecule has 3 rings (SSSR count). The Morgan fingerprint density at radius 1 is 0.871 bits per heavy atom. The standard InChI is InChI=1S/C24H20F3NO3/c1-31-23(30)21(28-22(29)19-11-13-20(14-12-19)24(25,26)27)15-16-7-9-18(10-8-16)17-5-3-2-4-6-17/h2-14,21H,15H2,1H3,(H,28,29)/t21-/m1/s1. The first-order valence-electron chi connectivity index (χ1n) is 9.48. The fraction of sp³-hybridized carbons (Fsp3) is 0.167. The molecule has 0 aliphatic heterocycles. The molecular formula is C24H20F3NO3. The summed E-state index contributed by atoms with van der Waals surface area (Å²) in [6.07, 6.45) is -4.32. The molecule has 0 unspecified atom stereocenters. The maximum absolute atomic E-state index is 12.7. The van der Waals surface area contributed by atoms with E-state index in [2.05, 4.69) is 5.32 Å². The number of carbonyl (C=O) groups excluding carboxylic acids is 2. The van der Waals surface area contributed by atoms with Gasteiger partial charge in [-0.15, -0.1) is 0 Å². The molecule has 0 radical (unpaired) electrons. The Kier molecular flexibility index (Phi) is 6.74. The van der Waals surface area contributed by atoms with Gasteiger partial charge in [-0.05, 0) is 41.0 Å². The van der Waals surface area contributed by atoms with Crippen molar-refractivity contribution >= 4 is 11.9 Å². The van der Waals surface area contributed by atoms with Gasteiger partial charge in [0.15, 0.2) is 0 Å². The Labute approximate surface area is 177 Å². The van der Waals surface area contributed by atoms with E-state index in [1.54, 1.807) is 0 Å². The van der Waals surface area contributed by atoms with Crippen LogP contribution in [0.1, 0.15) is 21.5 Å². The van der Waals surface area contributed by atoms with Gasteiger partial charge < -0.3 is 10.1 Å². The highest BCUT2D eigenvalue weighted by molar-refractivity contribution is 5.96. The lowest BCUT2D eigenvalue weighted by molar-refractivity contribution is -0.142. The lowest BCUT2D eigenvalue weighted by Crippen LogP contribution is -2.43. The van der Waals surface area contributed by atoms with E-state index < -0.39 is 29.7 Å². The minimum atomic E-state index is -4.49. The number of nitrogens with one attached hydrogen (secondary N) is 1. The van der Waals surface area contributed by atoms with Gasteiger partial charge in [-0.2, -0.15) is 13.2 Å². The van der Waals surface area contributed by atoms with Crippen molar-refractivity contribution in [3.63, 3.8) is 0 Å². The molecule has 3 aromatic rings. The van der Waals surface area contributed by atoms with E-state index in [0.29, 0.717) is 0 Å². The molecule has 0 saturated carbocycles. The molecule has 1 atom stereocenters. The number of ether oxygens (including phenoxy) is 1. The van der Waals surface area contributed by atoms with Crippen molar-refractivity contribution in [1.29, 1.82) is 0 Å². The van der Waals surface area contributed by atoms with E-state index in [-0.39, 0.29) is 12.0 Å². The van der Waals surface area contributed by atoms with Gasteiger partial charge in [0.05, 0.1) is 12.7 Å². The minimum Gasteiger partial charge on any atom is -0.467 e. The number of amides is 1. The molecule has 1 amide bonds. The summed E-state index contributed by atoms with van der Waals surface area (Å²) in [6, 6.07) is 20.1. The van der Waals surface area contributed by atoms with E-state index in [1.165, 1.54) is 7.11 Å². The van der Waals surface area contributed by atoms with Crippen molar-refractivity contribution in [1.82, 2.24) is 5.32 Å². The summed E-state index contributed by atoms with van der Waals surface area (Å²) in [5.74, 6) is -1.31. The van der Waals surface area contributed by atoms with Crippen LogP contribution in [0.3, 0.4) is 0 Å². The quantitative estimate of drug-likeness (QED) is 0.570. The second-order valence-corrected chi connectivity index (χ2v) is 6.89. The van der Waals surface area contributed by atoms with Gasteiger partial charge in [-0.25, -0.2) is 4.79 Å². The van der Waals surface area contributed by atoms with Crippen LogP contribution in [0, 0.1) is 0 Å². The third-order valence-electron chi connectivity index (χ3n) is 4.77. The number of alkyl halides is 3. The Hall–Kier alpha value is -3.61. The molecular weight excluding hydrogens is 407 g/mol. The van der Waals surface area contributed by atoms with Crippen LogP contribution in [0.2, 0.25) is 0 Å². The maximum Gasteiger partial charge on any atom is 0.416 e. The molecule has 7 heteroatoms. The molecule has 0 aromatic heterocycles. The molecule has 0 heterocycles. The minimum absolute atomic E-state index is 0.0151. The van der Waals surface area contributed by atoms with Crippen LogP contribution < -0.4 is 5.32 Å². The second kappa shape index (κ2) is 9.47. The van der Waals surface area contributed by atoms with E-state index >= 15 is 0 Å². The normalized spacial score (nSPS) is 12.1.